The van der Waals surface area contributed by atoms with E-state index in [1.807, 2.05) is 54.5 Å². The highest BCUT2D eigenvalue weighted by molar-refractivity contribution is 5.79. The number of aliphatic hydroxyl groups excluding tert-OH is 2. The van der Waals surface area contributed by atoms with Gasteiger partial charge in [0.15, 0.2) is 0 Å². The van der Waals surface area contributed by atoms with Crippen molar-refractivity contribution in [1.82, 2.24) is 5.32 Å². The summed E-state index contributed by atoms with van der Waals surface area (Å²) < 4.78 is 5.38. The Balaban J connectivity index is 2.68. The molecule has 7 nitrogen and oxygen atoms in total. The summed E-state index contributed by atoms with van der Waals surface area (Å²) in [6.45, 7) is 19.7. The Labute approximate surface area is 243 Å². The first-order valence-electron chi connectivity index (χ1n) is 14.9. The highest BCUT2D eigenvalue weighted by Gasteiger charge is 2.33. The molecule has 0 aromatic heterocycles. The SMILES string of the molecule is C=CC=C[C@H](C)[C@H](OC(N)=O)[C@@H](C)[C@H](O)[C@@H](C)CC(C)=C[C@H](C)[C@@H](O)[C@@H](C)C=CCC[C@@H]1NC(=O)[C@H](C)C[C@H]1C. The van der Waals surface area contributed by atoms with Crippen LogP contribution >= 0.6 is 0 Å². The number of aliphatic hydroxyl groups is 2. The molecular formula is C33H56N2O5. The minimum absolute atomic E-state index is 0.0164. The molecule has 1 heterocycles. The van der Waals surface area contributed by atoms with Gasteiger partial charge in [0.05, 0.1) is 12.2 Å². The number of carbonyl (C=O) groups is 2. The molecule has 0 bridgehead atoms. The van der Waals surface area contributed by atoms with Crippen molar-refractivity contribution in [2.75, 3.05) is 0 Å². The summed E-state index contributed by atoms with van der Waals surface area (Å²) in [7, 11) is 0. The third kappa shape index (κ3) is 11.6. The second kappa shape index (κ2) is 17.4. The molecule has 11 atom stereocenters. The van der Waals surface area contributed by atoms with E-state index in [4.69, 9.17) is 10.5 Å². The van der Waals surface area contributed by atoms with Crippen LogP contribution in [0, 0.1) is 41.4 Å². The van der Waals surface area contributed by atoms with Crippen molar-refractivity contribution in [3.63, 3.8) is 0 Å². The molecule has 0 unspecified atom stereocenters. The van der Waals surface area contributed by atoms with Crippen LogP contribution in [0.5, 0.6) is 0 Å². The van der Waals surface area contributed by atoms with Crippen molar-refractivity contribution in [3.05, 3.63) is 48.6 Å². The molecule has 40 heavy (non-hydrogen) atoms. The summed E-state index contributed by atoms with van der Waals surface area (Å²) in [6, 6.07) is 0.211. The second-order valence-corrected chi connectivity index (χ2v) is 12.4. The first-order valence-corrected chi connectivity index (χ1v) is 14.9. The normalized spacial score (nSPS) is 26.4. The third-order valence-corrected chi connectivity index (χ3v) is 8.50. The van der Waals surface area contributed by atoms with Crippen LogP contribution in [0.1, 0.15) is 81.1 Å². The molecule has 1 fully saturated rings. The molecule has 0 aliphatic carbocycles. The van der Waals surface area contributed by atoms with Gasteiger partial charge in [-0.15, -0.1) is 0 Å². The first-order chi connectivity index (χ1) is 18.7. The highest BCUT2D eigenvalue weighted by Crippen LogP contribution is 2.29. The predicted molar refractivity (Wildman–Crippen MR) is 163 cm³/mol. The van der Waals surface area contributed by atoms with Crippen LogP contribution in [0.2, 0.25) is 0 Å². The number of nitrogens with one attached hydrogen (secondary N) is 1. The van der Waals surface area contributed by atoms with E-state index < -0.39 is 24.4 Å². The quantitative estimate of drug-likeness (QED) is 0.138. The number of carbonyl (C=O) groups excluding carboxylic acids is 2. The molecule has 1 rings (SSSR count). The Hall–Kier alpha value is -2.38. The number of rotatable bonds is 16. The van der Waals surface area contributed by atoms with Gasteiger partial charge in [0.25, 0.3) is 0 Å². The minimum atomic E-state index is -0.859. The van der Waals surface area contributed by atoms with Crippen LogP contribution in [-0.2, 0) is 9.53 Å². The van der Waals surface area contributed by atoms with Gasteiger partial charge in [0.2, 0.25) is 5.91 Å². The van der Waals surface area contributed by atoms with Crippen LogP contribution in [0.3, 0.4) is 0 Å². The van der Waals surface area contributed by atoms with Gasteiger partial charge < -0.3 is 26.0 Å². The standard InChI is InChI=1S/C33H56N2O5/c1-10-11-14-22(4)31(40-33(34)39)27(9)30(37)25(7)18-20(2)17-24(6)29(36)21(3)15-12-13-16-28-23(5)19-26(8)32(38)35-28/h10-12,14-15,17,21-31,36-37H,1,13,16,18-19H2,2-9H3,(H2,34,39)(H,35,38)/t21-,22-,23+,24-,25-,26+,27-,28-,29-,30+,31-/m0/s1. The van der Waals surface area contributed by atoms with Crippen LogP contribution < -0.4 is 11.1 Å². The summed E-state index contributed by atoms with van der Waals surface area (Å²) in [6.07, 6.45) is 12.3. The van der Waals surface area contributed by atoms with Crippen molar-refractivity contribution in [3.8, 4) is 0 Å². The molecule has 0 aromatic carbocycles. The average Bonchev–Trinajstić information content (AvgIpc) is 2.89. The zero-order valence-electron chi connectivity index (χ0n) is 26.0. The number of hydrogen-bond donors (Lipinski definition) is 4. The number of allylic oxidation sites excluding steroid dienone is 4. The van der Waals surface area contributed by atoms with E-state index in [0.29, 0.717) is 12.3 Å². The van der Waals surface area contributed by atoms with E-state index in [-0.39, 0.29) is 47.5 Å². The lowest BCUT2D eigenvalue weighted by Gasteiger charge is -2.33. The van der Waals surface area contributed by atoms with Crippen LogP contribution in [-0.4, -0.2) is 46.6 Å². The topological polar surface area (TPSA) is 122 Å². The van der Waals surface area contributed by atoms with Crippen LogP contribution in [0.4, 0.5) is 4.79 Å². The van der Waals surface area contributed by atoms with Gasteiger partial charge in [-0.05, 0) is 44.4 Å². The summed E-state index contributed by atoms with van der Waals surface area (Å²) >= 11 is 0. The smallest absolute Gasteiger partial charge is 0.404 e. The molecule has 228 valence electrons. The van der Waals surface area contributed by atoms with Crippen LogP contribution in [0.15, 0.2) is 48.6 Å². The number of ether oxygens (including phenoxy) is 1. The molecule has 7 heteroatoms. The summed E-state index contributed by atoms with van der Waals surface area (Å²) in [5.41, 5.74) is 6.40. The van der Waals surface area contributed by atoms with E-state index in [1.165, 1.54) is 0 Å². The highest BCUT2D eigenvalue weighted by atomic mass is 16.6. The first kappa shape index (κ1) is 35.6. The number of hydrogen-bond acceptors (Lipinski definition) is 5. The van der Waals surface area contributed by atoms with Crippen molar-refractivity contribution in [2.45, 2.75) is 105 Å². The van der Waals surface area contributed by atoms with E-state index >= 15 is 0 Å². The fraction of sp³-hybridized carbons (Fsp3) is 0.697. The third-order valence-electron chi connectivity index (χ3n) is 8.50. The van der Waals surface area contributed by atoms with E-state index in [0.717, 1.165) is 24.8 Å². The molecule has 0 saturated carbocycles. The maximum Gasteiger partial charge on any atom is 0.404 e. The number of primary amides is 1. The van der Waals surface area contributed by atoms with Gasteiger partial charge in [0, 0.05) is 35.6 Å². The Morgan fingerprint density at radius 1 is 1.10 bits per heavy atom. The molecule has 0 radical (unpaired) electrons. The van der Waals surface area contributed by atoms with Gasteiger partial charge in [-0.25, -0.2) is 4.79 Å². The van der Waals surface area contributed by atoms with Gasteiger partial charge in [-0.3, -0.25) is 4.79 Å². The molecule has 2 amide bonds. The molecule has 0 aromatic rings. The van der Waals surface area contributed by atoms with Crippen molar-refractivity contribution in [2.24, 2.45) is 47.2 Å². The Morgan fingerprint density at radius 3 is 2.35 bits per heavy atom. The molecule has 1 aliphatic heterocycles. The largest absolute Gasteiger partial charge is 0.445 e. The molecule has 0 spiro atoms. The Morgan fingerprint density at radius 2 is 1.75 bits per heavy atom. The van der Waals surface area contributed by atoms with Crippen LogP contribution in [0.25, 0.3) is 0 Å². The molecule has 5 N–H and O–H groups in total. The van der Waals surface area contributed by atoms with Crippen molar-refractivity contribution >= 4 is 12.0 Å². The molecule has 1 aliphatic rings. The summed E-state index contributed by atoms with van der Waals surface area (Å²) in [5.74, 6) is 0.0720. The second-order valence-electron chi connectivity index (χ2n) is 12.4. The minimum Gasteiger partial charge on any atom is -0.445 e. The average molecular weight is 561 g/mol. The lowest BCUT2D eigenvalue weighted by atomic mass is 9.81. The fourth-order valence-electron chi connectivity index (χ4n) is 5.98. The number of piperidine rings is 1. The van der Waals surface area contributed by atoms with Gasteiger partial charge in [-0.1, -0.05) is 97.1 Å². The Kier molecular flexibility index (Phi) is 15.5. The van der Waals surface area contributed by atoms with Gasteiger partial charge in [-0.2, -0.15) is 0 Å². The molecular weight excluding hydrogens is 504 g/mol. The van der Waals surface area contributed by atoms with E-state index in [1.54, 1.807) is 12.2 Å². The maximum absolute atomic E-state index is 12.0. The van der Waals surface area contributed by atoms with Crippen molar-refractivity contribution < 1.29 is 24.5 Å². The van der Waals surface area contributed by atoms with E-state index in [2.05, 4.69) is 37.0 Å². The lowest BCUT2D eigenvalue weighted by Crippen LogP contribution is -2.47. The van der Waals surface area contributed by atoms with Gasteiger partial charge in [0.1, 0.15) is 6.10 Å². The lowest BCUT2D eigenvalue weighted by molar-refractivity contribution is -0.128. The maximum atomic E-state index is 12.0. The Bertz CT molecular complexity index is 897. The zero-order chi connectivity index (χ0) is 30.6. The monoisotopic (exact) mass is 560 g/mol. The number of nitrogens with two attached hydrogens (primary N) is 1. The van der Waals surface area contributed by atoms with E-state index in [9.17, 15) is 19.8 Å². The fourth-order valence-corrected chi connectivity index (χ4v) is 5.98. The number of amides is 2. The van der Waals surface area contributed by atoms with Crippen molar-refractivity contribution in [1.29, 1.82) is 0 Å². The predicted octanol–water partition coefficient (Wildman–Crippen LogP) is 5.93. The molecule has 1 saturated heterocycles. The summed E-state index contributed by atoms with van der Waals surface area (Å²) in [4.78, 5) is 23.5. The van der Waals surface area contributed by atoms with Gasteiger partial charge >= 0.3 is 6.09 Å². The zero-order valence-corrected chi connectivity index (χ0v) is 26.0. The summed E-state index contributed by atoms with van der Waals surface area (Å²) in [5, 5.41) is 25.2.